The molecule has 0 amide bonds. The molecule has 0 N–H and O–H groups in total. The van der Waals surface area contributed by atoms with E-state index in [0.29, 0.717) is 6.42 Å². The van der Waals surface area contributed by atoms with Crippen LogP contribution in [0, 0.1) is 0 Å². The van der Waals surface area contributed by atoms with Crippen molar-refractivity contribution in [3.8, 4) is 0 Å². The molecule has 4 heterocycles. The normalized spacial score (nSPS) is 12.6. The van der Waals surface area contributed by atoms with E-state index in [9.17, 15) is 19.2 Å². The Morgan fingerprint density at radius 1 is 0.578 bits per heavy atom. The molecule has 0 saturated carbocycles. The molecular formula is C33H32N4O8. The Morgan fingerprint density at radius 3 is 1.42 bits per heavy atom. The lowest BCUT2D eigenvalue weighted by Crippen LogP contribution is -2.48. The minimum absolute atomic E-state index is 0.105. The van der Waals surface area contributed by atoms with Crippen LogP contribution in [-0.4, -0.2) is 68.7 Å². The van der Waals surface area contributed by atoms with Crippen LogP contribution in [0.5, 0.6) is 0 Å². The van der Waals surface area contributed by atoms with Crippen molar-refractivity contribution in [2.24, 2.45) is 0 Å². The first kappa shape index (κ1) is 32.4. The van der Waals surface area contributed by atoms with Gasteiger partial charge in [0.15, 0.2) is 12.2 Å². The van der Waals surface area contributed by atoms with Crippen LogP contribution in [0.2, 0.25) is 0 Å². The van der Waals surface area contributed by atoms with E-state index in [1.165, 1.54) is 73.8 Å². The highest BCUT2D eigenvalue weighted by molar-refractivity contribution is 5.91. The number of hydrogen-bond acceptors (Lipinski definition) is 12. The van der Waals surface area contributed by atoms with Crippen molar-refractivity contribution in [2.75, 3.05) is 6.61 Å². The first-order valence-electron chi connectivity index (χ1n) is 14.4. The number of esters is 4. The van der Waals surface area contributed by atoms with Crippen LogP contribution in [0.15, 0.2) is 98.1 Å². The largest absolute Gasteiger partial charge is 0.458 e. The minimum Gasteiger partial charge on any atom is -0.458 e. The van der Waals surface area contributed by atoms with Gasteiger partial charge in [-0.25, -0.2) is 19.2 Å². The summed E-state index contributed by atoms with van der Waals surface area (Å²) in [5.41, 5.74) is 0.537. The van der Waals surface area contributed by atoms with Crippen molar-refractivity contribution in [1.29, 1.82) is 0 Å². The maximum absolute atomic E-state index is 13.4. The summed E-state index contributed by atoms with van der Waals surface area (Å²) in [6, 6.07) is 12.3. The number of ether oxygens (including phenoxy) is 4. The number of carbonyl (C=O) groups excluding carboxylic acids is 4. The van der Waals surface area contributed by atoms with E-state index in [0.717, 1.165) is 12.8 Å². The smallest absolute Gasteiger partial charge is 0.340 e. The number of nitrogens with zero attached hydrogens (tertiary/aromatic N) is 4. The molecule has 0 aromatic carbocycles. The maximum atomic E-state index is 13.4. The highest BCUT2D eigenvalue weighted by Gasteiger charge is 2.40. The van der Waals surface area contributed by atoms with Gasteiger partial charge in [-0.15, -0.1) is 0 Å². The van der Waals surface area contributed by atoms with Crippen LogP contribution in [0.3, 0.4) is 0 Å². The summed E-state index contributed by atoms with van der Waals surface area (Å²) in [4.78, 5) is 68.6. The van der Waals surface area contributed by atoms with Gasteiger partial charge in [-0.05, 0) is 61.4 Å². The average Bonchev–Trinajstić information content (AvgIpc) is 3.10. The molecule has 3 atom stereocenters. The second-order valence-corrected chi connectivity index (χ2v) is 9.82. The topological polar surface area (TPSA) is 157 Å². The third kappa shape index (κ3) is 9.75. The maximum Gasteiger partial charge on any atom is 0.340 e. The van der Waals surface area contributed by atoms with E-state index in [1.807, 2.05) is 6.92 Å². The van der Waals surface area contributed by atoms with Gasteiger partial charge in [0.05, 0.1) is 22.3 Å². The van der Waals surface area contributed by atoms with E-state index in [-0.39, 0.29) is 28.7 Å². The molecule has 4 aromatic heterocycles. The molecule has 0 saturated heterocycles. The molecule has 0 spiro atoms. The standard InChI is InChI=1S/C33H32N4O8/c1-2-3-4-13-27(43-31(39)24-10-6-15-35-19-24)29(45-33(41)26-12-8-17-37-21-26)28(44-32(40)25-11-7-16-36-20-25)22-42-30(38)23-9-5-14-34-18-23/h5-12,14-21,27-29H,2-4,13,22H2,1H3/t27?,28-,29+/m1/s1. The molecule has 232 valence electrons. The van der Waals surface area contributed by atoms with Crippen molar-refractivity contribution in [3.05, 3.63) is 120 Å². The molecule has 0 aliphatic carbocycles. The molecule has 45 heavy (non-hydrogen) atoms. The Hall–Kier alpha value is -5.52. The summed E-state index contributed by atoms with van der Waals surface area (Å²) in [6.07, 6.45) is 9.80. The van der Waals surface area contributed by atoms with Gasteiger partial charge in [0.25, 0.3) is 0 Å². The summed E-state index contributed by atoms with van der Waals surface area (Å²) in [5.74, 6) is -3.11. The molecule has 0 fully saturated rings. The van der Waals surface area contributed by atoms with Crippen molar-refractivity contribution < 1.29 is 38.1 Å². The monoisotopic (exact) mass is 612 g/mol. The fraction of sp³-hybridized carbons (Fsp3) is 0.273. The highest BCUT2D eigenvalue weighted by atomic mass is 16.6. The summed E-state index contributed by atoms with van der Waals surface area (Å²) >= 11 is 0. The van der Waals surface area contributed by atoms with Crippen molar-refractivity contribution in [3.63, 3.8) is 0 Å². The lowest BCUT2D eigenvalue weighted by molar-refractivity contribution is -0.103. The Kier molecular flexibility index (Phi) is 12.2. The molecule has 1 unspecified atom stereocenters. The summed E-state index contributed by atoms with van der Waals surface area (Å²) < 4.78 is 23.2. The predicted octanol–water partition coefficient (Wildman–Crippen LogP) is 4.68. The predicted molar refractivity (Wildman–Crippen MR) is 159 cm³/mol. The van der Waals surface area contributed by atoms with Gasteiger partial charge in [0.1, 0.15) is 12.7 Å². The van der Waals surface area contributed by atoms with Crippen LogP contribution in [0.1, 0.15) is 74.0 Å². The van der Waals surface area contributed by atoms with E-state index >= 15 is 0 Å². The fourth-order valence-electron chi connectivity index (χ4n) is 4.25. The first-order chi connectivity index (χ1) is 22.0. The molecule has 0 bridgehead atoms. The Bertz CT molecular complexity index is 1530. The zero-order chi connectivity index (χ0) is 31.9. The van der Waals surface area contributed by atoms with Crippen LogP contribution < -0.4 is 0 Å². The molecule has 4 aromatic rings. The van der Waals surface area contributed by atoms with Gasteiger partial charge < -0.3 is 18.9 Å². The Labute approximate surface area is 259 Å². The van der Waals surface area contributed by atoms with Gasteiger partial charge in [0, 0.05) is 49.6 Å². The van der Waals surface area contributed by atoms with Gasteiger partial charge in [-0.1, -0.05) is 19.8 Å². The molecule has 12 nitrogen and oxygen atoms in total. The summed E-state index contributed by atoms with van der Waals surface area (Å²) in [7, 11) is 0. The minimum atomic E-state index is -1.41. The molecule has 0 aliphatic heterocycles. The lowest BCUT2D eigenvalue weighted by atomic mass is 10.0. The van der Waals surface area contributed by atoms with Crippen molar-refractivity contribution in [2.45, 2.75) is 50.9 Å². The van der Waals surface area contributed by atoms with Gasteiger partial charge in [-0.3, -0.25) is 19.9 Å². The summed E-state index contributed by atoms with van der Waals surface area (Å²) in [6.45, 7) is 1.46. The molecule has 0 aliphatic rings. The SMILES string of the molecule is CCCCCC(OC(=O)c1cccnc1)[C@H](OC(=O)c1cccnc1)[C@@H](COC(=O)c1cccnc1)OC(=O)c1cccnc1. The van der Waals surface area contributed by atoms with Crippen LogP contribution in [0.25, 0.3) is 0 Å². The molecule has 0 radical (unpaired) electrons. The van der Waals surface area contributed by atoms with Gasteiger partial charge in [-0.2, -0.15) is 0 Å². The van der Waals surface area contributed by atoms with Crippen LogP contribution in [-0.2, 0) is 18.9 Å². The number of unbranched alkanes of at least 4 members (excludes halogenated alkanes) is 2. The second kappa shape index (κ2) is 16.9. The van der Waals surface area contributed by atoms with Crippen molar-refractivity contribution >= 4 is 23.9 Å². The highest BCUT2D eigenvalue weighted by Crippen LogP contribution is 2.23. The number of aromatic nitrogens is 4. The van der Waals surface area contributed by atoms with E-state index in [1.54, 1.807) is 24.3 Å². The second-order valence-electron chi connectivity index (χ2n) is 9.82. The zero-order valence-corrected chi connectivity index (χ0v) is 24.6. The Balaban J connectivity index is 1.71. The zero-order valence-electron chi connectivity index (χ0n) is 24.6. The third-order valence-corrected chi connectivity index (χ3v) is 6.55. The average molecular weight is 613 g/mol. The van der Waals surface area contributed by atoms with Gasteiger partial charge >= 0.3 is 23.9 Å². The molecular weight excluding hydrogens is 580 g/mol. The number of pyridine rings is 4. The quantitative estimate of drug-likeness (QED) is 0.104. The van der Waals surface area contributed by atoms with Crippen LogP contribution in [0.4, 0.5) is 0 Å². The molecule has 4 rings (SSSR count). The van der Waals surface area contributed by atoms with E-state index in [2.05, 4.69) is 19.9 Å². The fourth-order valence-corrected chi connectivity index (χ4v) is 4.25. The van der Waals surface area contributed by atoms with Gasteiger partial charge in [0.2, 0.25) is 0 Å². The first-order valence-corrected chi connectivity index (χ1v) is 14.4. The van der Waals surface area contributed by atoms with Crippen LogP contribution >= 0.6 is 0 Å². The molecule has 12 heteroatoms. The van der Waals surface area contributed by atoms with E-state index in [4.69, 9.17) is 18.9 Å². The van der Waals surface area contributed by atoms with E-state index < -0.39 is 48.8 Å². The lowest BCUT2D eigenvalue weighted by Gasteiger charge is -2.32. The number of hydrogen-bond donors (Lipinski definition) is 0. The third-order valence-electron chi connectivity index (χ3n) is 6.55. The number of rotatable bonds is 15. The Morgan fingerprint density at radius 2 is 1.00 bits per heavy atom. The van der Waals surface area contributed by atoms with Crippen molar-refractivity contribution in [1.82, 2.24) is 19.9 Å². The number of carbonyl (C=O) groups is 4. The summed E-state index contributed by atoms with van der Waals surface area (Å²) in [5, 5.41) is 0.